The summed E-state index contributed by atoms with van der Waals surface area (Å²) in [6, 6.07) is 7.44. The van der Waals surface area contributed by atoms with Gasteiger partial charge in [0.15, 0.2) is 4.80 Å². The first-order valence-electron chi connectivity index (χ1n) is 6.51. The Labute approximate surface area is 122 Å². The fourth-order valence-electron chi connectivity index (χ4n) is 1.99. The third-order valence-corrected chi connectivity index (χ3v) is 4.41. The first-order valence-corrected chi connectivity index (χ1v) is 7.39. The molecule has 0 saturated carbocycles. The molecule has 1 atom stereocenters. The average molecular weight is 290 g/mol. The third-order valence-electron chi connectivity index (χ3n) is 3.38. The van der Waals surface area contributed by atoms with Gasteiger partial charge in [0, 0.05) is 18.1 Å². The Kier molecular flexibility index (Phi) is 4.39. The topological polar surface area (TPSA) is 54.6 Å². The number of carboxylic acids is 1. The second kappa shape index (κ2) is 6.05. The number of aliphatic carboxylic acids is 1. The minimum absolute atomic E-state index is 0.441. The van der Waals surface area contributed by atoms with Crippen molar-refractivity contribution >= 4 is 23.0 Å². The summed E-state index contributed by atoms with van der Waals surface area (Å²) in [5.74, 6) is -1.22. The number of benzene rings is 1. The van der Waals surface area contributed by atoms with Crippen LogP contribution in [-0.2, 0) is 11.8 Å². The molecule has 0 aliphatic rings. The van der Waals surface area contributed by atoms with Crippen molar-refractivity contribution < 1.29 is 9.90 Å². The van der Waals surface area contributed by atoms with Gasteiger partial charge in [0.2, 0.25) is 0 Å². The molecule has 106 valence electrons. The molecule has 2 rings (SSSR count). The summed E-state index contributed by atoms with van der Waals surface area (Å²) in [7, 11) is 1.98. The average Bonchev–Trinajstić information content (AvgIpc) is 2.73. The van der Waals surface area contributed by atoms with Crippen molar-refractivity contribution in [1.29, 1.82) is 0 Å². The summed E-state index contributed by atoms with van der Waals surface area (Å²) in [4.78, 5) is 16.6. The highest BCUT2D eigenvalue weighted by molar-refractivity contribution is 7.07. The van der Waals surface area contributed by atoms with Crippen LogP contribution in [0.5, 0.6) is 0 Å². The molecule has 1 unspecified atom stereocenters. The summed E-state index contributed by atoms with van der Waals surface area (Å²) in [5, 5.41) is 11.2. The number of nitrogens with zero attached hydrogens (tertiary/aromatic N) is 2. The molecule has 2 aromatic rings. The van der Waals surface area contributed by atoms with Crippen LogP contribution in [0, 0.1) is 6.92 Å². The summed E-state index contributed by atoms with van der Waals surface area (Å²) in [5.41, 5.74) is 2.83. The summed E-state index contributed by atoms with van der Waals surface area (Å²) in [6.07, 6.45) is 0.588. The van der Waals surface area contributed by atoms with Crippen molar-refractivity contribution in [3.8, 4) is 0 Å². The van der Waals surface area contributed by atoms with Crippen LogP contribution in [0.1, 0.15) is 30.5 Å². The number of carbonyl (C=O) groups is 1. The lowest BCUT2D eigenvalue weighted by Gasteiger charge is -2.09. The molecule has 0 fully saturated rings. The first kappa shape index (κ1) is 14.5. The molecule has 20 heavy (non-hydrogen) atoms. The number of rotatable bonds is 4. The first-order chi connectivity index (χ1) is 9.52. The fraction of sp³-hybridized carbons (Fsp3) is 0.333. The predicted molar refractivity (Wildman–Crippen MR) is 80.4 cm³/mol. The number of hydrogen-bond donors (Lipinski definition) is 1. The van der Waals surface area contributed by atoms with E-state index in [1.165, 1.54) is 5.69 Å². The Morgan fingerprint density at radius 2 is 2.05 bits per heavy atom. The molecule has 1 N–H and O–H groups in total. The Hall–Kier alpha value is -1.88. The van der Waals surface area contributed by atoms with E-state index in [0.717, 1.165) is 16.1 Å². The number of carboxylic acid groups (broad SMARTS) is 1. The quantitative estimate of drug-likeness (QED) is 0.940. The van der Waals surface area contributed by atoms with Crippen LogP contribution >= 0.6 is 11.3 Å². The maximum atomic E-state index is 11.1. The number of thiazole rings is 1. The van der Waals surface area contributed by atoms with Crippen molar-refractivity contribution in [3.63, 3.8) is 0 Å². The Morgan fingerprint density at radius 1 is 1.40 bits per heavy atom. The maximum Gasteiger partial charge on any atom is 0.310 e. The zero-order chi connectivity index (χ0) is 14.7. The lowest BCUT2D eigenvalue weighted by molar-refractivity contribution is -0.138. The van der Waals surface area contributed by atoms with E-state index in [0.29, 0.717) is 6.42 Å². The van der Waals surface area contributed by atoms with E-state index < -0.39 is 11.9 Å². The van der Waals surface area contributed by atoms with Crippen molar-refractivity contribution in [1.82, 2.24) is 4.57 Å². The molecular weight excluding hydrogens is 272 g/mol. The fourth-order valence-corrected chi connectivity index (χ4v) is 2.89. The molecular formula is C15H18N2O2S. The molecule has 0 saturated heterocycles. The van der Waals surface area contributed by atoms with E-state index in [2.05, 4.69) is 10.4 Å². The van der Waals surface area contributed by atoms with E-state index in [-0.39, 0.29) is 0 Å². The van der Waals surface area contributed by atoms with Gasteiger partial charge < -0.3 is 9.67 Å². The molecule has 4 nitrogen and oxygen atoms in total. The highest BCUT2D eigenvalue weighted by atomic mass is 32.1. The van der Waals surface area contributed by atoms with Crippen LogP contribution in [0.4, 0.5) is 5.69 Å². The highest BCUT2D eigenvalue weighted by Crippen LogP contribution is 2.22. The Balaban J connectivity index is 2.31. The monoisotopic (exact) mass is 290 g/mol. The number of aromatic nitrogens is 1. The molecule has 1 aromatic carbocycles. The van der Waals surface area contributed by atoms with Gasteiger partial charge >= 0.3 is 5.97 Å². The zero-order valence-corrected chi connectivity index (χ0v) is 12.6. The maximum absolute atomic E-state index is 11.1. The summed E-state index contributed by atoms with van der Waals surface area (Å²) >= 11 is 1.59. The van der Waals surface area contributed by atoms with Gasteiger partial charge in [-0.1, -0.05) is 19.1 Å². The van der Waals surface area contributed by atoms with Gasteiger partial charge in [-0.25, -0.2) is 4.99 Å². The van der Waals surface area contributed by atoms with E-state index in [1.54, 1.807) is 11.3 Å². The Morgan fingerprint density at radius 3 is 2.50 bits per heavy atom. The standard InChI is InChI=1S/C15H18N2O2S/c1-4-13(14(18)19)11-5-7-12(8-6-11)16-15-17(3)10(2)9-20-15/h5-9,13H,4H2,1-3H3,(H,18,19)/b16-15-. The molecule has 0 aliphatic heterocycles. The molecule has 0 bridgehead atoms. The minimum atomic E-state index is -0.780. The van der Waals surface area contributed by atoms with E-state index >= 15 is 0 Å². The van der Waals surface area contributed by atoms with Gasteiger partial charge in [-0.15, -0.1) is 11.3 Å². The van der Waals surface area contributed by atoms with Gasteiger partial charge in [-0.3, -0.25) is 4.79 Å². The van der Waals surface area contributed by atoms with Crippen LogP contribution in [0.3, 0.4) is 0 Å². The predicted octanol–water partition coefficient (Wildman–Crippen LogP) is 3.21. The van der Waals surface area contributed by atoms with Crippen LogP contribution in [0.2, 0.25) is 0 Å². The van der Waals surface area contributed by atoms with Crippen molar-refractivity contribution in [2.24, 2.45) is 12.0 Å². The summed E-state index contributed by atoms with van der Waals surface area (Å²) in [6.45, 7) is 3.92. The van der Waals surface area contributed by atoms with Gasteiger partial charge in [-0.2, -0.15) is 0 Å². The van der Waals surface area contributed by atoms with Crippen LogP contribution in [0.15, 0.2) is 34.6 Å². The van der Waals surface area contributed by atoms with E-state index in [4.69, 9.17) is 5.11 Å². The Bertz CT molecular complexity index is 668. The smallest absolute Gasteiger partial charge is 0.310 e. The number of hydrogen-bond acceptors (Lipinski definition) is 3. The van der Waals surface area contributed by atoms with Gasteiger partial charge in [-0.05, 0) is 31.0 Å². The molecule has 0 radical (unpaired) electrons. The second-order valence-electron chi connectivity index (χ2n) is 4.72. The third kappa shape index (κ3) is 2.99. The van der Waals surface area contributed by atoms with Crippen molar-refractivity contribution in [3.05, 3.63) is 45.7 Å². The lowest BCUT2D eigenvalue weighted by atomic mass is 9.97. The molecule has 0 amide bonds. The van der Waals surface area contributed by atoms with E-state index in [9.17, 15) is 4.79 Å². The van der Waals surface area contributed by atoms with Gasteiger partial charge in [0.25, 0.3) is 0 Å². The van der Waals surface area contributed by atoms with Crippen LogP contribution in [-0.4, -0.2) is 15.6 Å². The van der Waals surface area contributed by atoms with Crippen LogP contribution < -0.4 is 4.80 Å². The molecule has 0 spiro atoms. The SMILES string of the molecule is CCC(C(=O)O)c1ccc(/N=c2\scc(C)n2C)cc1. The number of aryl methyl sites for hydroxylation is 1. The molecule has 1 heterocycles. The molecule has 5 heteroatoms. The van der Waals surface area contributed by atoms with Gasteiger partial charge in [0.05, 0.1) is 11.6 Å². The summed E-state index contributed by atoms with van der Waals surface area (Å²) < 4.78 is 2.03. The minimum Gasteiger partial charge on any atom is -0.481 e. The molecule has 1 aromatic heterocycles. The normalized spacial score (nSPS) is 13.4. The largest absolute Gasteiger partial charge is 0.481 e. The zero-order valence-electron chi connectivity index (χ0n) is 11.8. The van der Waals surface area contributed by atoms with E-state index in [1.807, 2.05) is 49.7 Å². The van der Waals surface area contributed by atoms with Crippen LogP contribution in [0.25, 0.3) is 0 Å². The van der Waals surface area contributed by atoms with Crippen molar-refractivity contribution in [2.45, 2.75) is 26.2 Å². The molecule has 0 aliphatic carbocycles. The lowest BCUT2D eigenvalue weighted by Crippen LogP contribution is -2.11. The second-order valence-corrected chi connectivity index (χ2v) is 5.56. The highest BCUT2D eigenvalue weighted by Gasteiger charge is 2.16. The van der Waals surface area contributed by atoms with Gasteiger partial charge in [0.1, 0.15) is 0 Å². The van der Waals surface area contributed by atoms with Crippen molar-refractivity contribution in [2.75, 3.05) is 0 Å².